The first kappa shape index (κ1) is 16.8. The average molecular weight is 297 g/mol. The average Bonchev–Trinajstić information content (AvgIpc) is 3.00. The topological polar surface area (TPSA) is 38.8 Å². The highest BCUT2D eigenvalue weighted by Crippen LogP contribution is 2.28. The van der Waals surface area contributed by atoms with Crippen LogP contribution in [-0.2, 0) is 14.3 Å². The molecule has 4 heteroatoms. The first-order valence-electron chi connectivity index (χ1n) is 8.77. The van der Waals surface area contributed by atoms with Crippen molar-refractivity contribution in [2.45, 2.75) is 64.4 Å². The first-order valence-corrected chi connectivity index (χ1v) is 8.77. The first-order chi connectivity index (χ1) is 10.3. The van der Waals surface area contributed by atoms with Crippen molar-refractivity contribution in [1.82, 2.24) is 4.90 Å². The molecule has 1 aliphatic carbocycles. The molecule has 21 heavy (non-hydrogen) atoms. The molecule has 0 radical (unpaired) electrons. The summed E-state index contributed by atoms with van der Waals surface area (Å²) in [6.07, 6.45) is 9.01. The van der Waals surface area contributed by atoms with Crippen LogP contribution >= 0.6 is 0 Å². The van der Waals surface area contributed by atoms with Gasteiger partial charge in [0.05, 0.1) is 13.2 Å². The van der Waals surface area contributed by atoms with Crippen LogP contribution in [0.4, 0.5) is 0 Å². The minimum Gasteiger partial charge on any atom is -0.461 e. The van der Waals surface area contributed by atoms with Gasteiger partial charge in [0.25, 0.3) is 0 Å². The number of hydrogen-bond acceptors (Lipinski definition) is 4. The Morgan fingerprint density at radius 3 is 2.67 bits per heavy atom. The van der Waals surface area contributed by atoms with Gasteiger partial charge < -0.3 is 9.47 Å². The zero-order valence-corrected chi connectivity index (χ0v) is 13.5. The van der Waals surface area contributed by atoms with E-state index in [1.807, 2.05) is 0 Å². The molecular formula is C17H31NO3. The van der Waals surface area contributed by atoms with E-state index in [9.17, 15) is 4.79 Å². The monoisotopic (exact) mass is 297 g/mol. The van der Waals surface area contributed by atoms with Gasteiger partial charge in [-0.3, -0.25) is 9.69 Å². The van der Waals surface area contributed by atoms with E-state index in [1.165, 1.54) is 25.7 Å². The molecule has 0 amide bonds. The van der Waals surface area contributed by atoms with Crippen molar-refractivity contribution in [3.8, 4) is 0 Å². The summed E-state index contributed by atoms with van der Waals surface area (Å²) < 4.78 is 11.1. The second-order valence-electron chi connectivity index (χ2n) is 6.50. The predicted molar refractivity (Wildman–Crippen MR) is 83.2 cm³/mol. The fourth-order valence-corrected chi connectivity index (χ4v) is 3.45. The van der Waals surface area contributed by atoms with Gasteiger partial charge in [0.1, 0.15) is 6.10 Å². The molecule has 1 unspecified atom stereocenters. The fourth-order valence-electron chi connectivity index (χ4n) is 3.45. The summed E-state index contributed by atoms with van der Waals surface area (Å²) in [6.45, 7) is 6.54. The molecule has 1 aliphatic heterocycles. The third-order valence-electron chi connectivity index (χ3n) is 4.71. The molecule has 0 spiro atoms. The van der Waals surface area contributed by atoms with Crippen molar-refractivity contribution >= 4 is 5.97 Å². The Balaban J connectivity index is 1.68. The van der Waals surface area contributed by atoms with Crippen molar-refractivity contribution in [3.63, 3.8) is 0 Å². The fraction of sp³-hybridized carbons (Fsp3) is 0.941. The quantitative estimate of drug-likeness (QED) is 0.646. The molecule has 0 bridgehead atoms. The normalized spacial score (nSPS) is 22.3. The van der Waals surface area contributed by atoms with Crippen LogP contribution < -0.4 is 0 Å². The van der Waals surface area contributed by atoms with Crippen LogP contribution in [0, 0.1) is 5.92 Å². The lowest BCUT2D eigenvalue weighted by atomic mass is 10.0. The maximum absolute atomic E-state index is 12.1. The van der Waals surface area contributed by atoms with Crippen LogP contribution in [0.5, 0.6) is 0 Å². The Morgan fingerprint density at radius 2 is 2.00 bits per heavy atom. The van der Waals surface area contributed by atoms with Gasteiger partial charge in [0.2, 0.25) is 0 Å². The zero-order valence-electron chi connectivity index (χ0n) is 13.5. The molecule has 4 nitrogen and oxygen atoms in total. The van der Waals surface area contributed by atoms with E-state index in [-0.39, 0.29) is 12.1 Å². The van der Waals surface area contributed by atoms with E-state index in [0.29, 0.717) is 6.42 Å². The molecule has 0 aromatic carbocycles. The Hall–Kier alpha value is -0.610. The number of ether oxygens (including phenoxy) is 2. The van der Waals surface area contributed by atoms with Crippen LogP contribution in [0.2, 0.25) is 0 Å². The highest BCUT2D eigenvalue weighted by molar-refractivity contribution is 5.69. The minimum atomic E-state index is 0.00797. The van der Waals surface area contributed by atoms with Crippen molar-refractivity contribution in [1.29, 1.82) is 0 Å². The molecule has 1 heterocycles. The lowest BCUT2D eigenvalue weighted by Crippen LogP contribution is -2.42. The highest BCUT2D eigenvalue weighted by atomic mass is 16.5. The second kappa shape index (κ2) is 9.42. The summed E-state index contributed by atoms with van der Waals surface area (Å²) in [5.74, 6) is 0.773. The van der Waals surface area contributed by atoms with Gasteiger partial charge in [-0.2, -0.15) is 0 Å². The van der Waals surface area contributed by atoms with Crippen LogP contribution in [-0.4, -0.2) is 49.8 Å². The summed E-state index contributed by atoms with van der Waals surface area (Å²) in [7, 11) is 0. The third kappa shape index (κ3) is 6.35. The van der Waals surface area contributed by atoms with Crippen LogP contribution in [0.3, 0.4) is 0 Å². The van der Waals surface area contributed by atoms with Gasteiger partial charge in [0.15, 0.2) is 0 Å². The molecule has 1 saturated carbocycles. The lowest BCUT2D eigenvalue weighted by Gasteiger charge is -2.30. The van der Waals surface area contributed by atoms with Gasteiger partial charge in [0, 0.05) is 26.1 Å². The molecule has 2 aliphatic rings. The number of morpholine rings is 1. The van der Waals surface area contributed by atoms with Crippen molar-refractivity contribution < 1.29 is 14.3 Å². The number of nitrogens with zero attached hydrogens (tertiary/aromatic N) is 1. The van der Waals surface area contributed by atoms with Crippen molar-refractivity contribution in [3.05, 3.63) is 0 Å². The largest absolute Gasteiger partial charge is 0.461 e. The maximum Gasteiger partial charge on any atom is 0.306 e. The van der Waals surface area contributed by atoms with Crippen molar-refractivity contribution in [2.24, 2.45) is 5.92 Å². The molecule has 1 saturated heterocycles. The predicted octanol–water partition coefficient (Wildman–Crippen LogP) is 3.00. The number of carbonyl (C=O) groups is 1. The molecule has 2 rings (SSSR count). The summed E-state index contributed by atoms with van der Waals surface area (Å²) in [6, 6.07) is 0. The van der Waals surface area contributed by atoms with Gasteiger partial charge in [-0.05, 0) is 18.8 Å². The summed E-state index contributed by atoms with van der Waals surface area (Å²) in [5, 5.41) is 0. The maximum atomic E-state index is 12.1. The number of esters is 1. The molecule has 2 fully saturated rings. The number of rotatable bonds is 8. The number of hydrogen-bond donors (Lipinski definition) is 0. The molecule has 0 N–H and O–H groups in total. The molecule has 1 atom stereocenters. The van der Waals surface area contributed by atoms with Crippen LogP contribution in [0.1, 0.15) is 58.3 Å². The second-order valence-corrected chi connectivity index (χ2v) is 6.50. The molecule has 122 valence electrons. The van der Waals surface area contributed by atoms with Gasteiger partial charge in [-0.25, -0.2) is 0 Å². The van der Waals surface area contributed by atoms with E-state index >= 15 is 0 Å². The lowest BCUT2D eigenvalue weighted by molar-refractivity contribution is -0.151. The van der Waals surface area contributed by atoms with Crippen molar-refractivity contribution in [2.75, 3.05) is 32.8 Å². The van der Waals surface area contributed by atoms with E-state index in [0.717, 1.165) is 58.0 Å². The summed E-state index contributed by atoms with van der Waals surface area (Å²) in [4.78, 5) is 14.4. The van der Waals surface area contributed by atoms with E-state index in [2.05, 4.69) is 11.8 Å². The van der Waals surface area contributed by atoms with E-state index in [1.54, 1.807) is 0 Å². The molecule has 0 aromatic heterocycles. The van der Waals surface area contributed by atoms with E-state index in [4.69, 9.17) is 9.47 Å². The smallest absolute Gasteiger partial charge is 0.306 e. The van der Waals surface area contributed by atoms with Gasteiger partial charge >= 0.3 is 5.97 Å². The molecular weight excluding hydrogens is 266 g/mol. The summed E-state index contributed by atoms with van der Waals surface area (Å²) in [5.41, 5.74) is 0. The Labute approximate surface area is 129 Å². The molecule has 0 aromatic rings. The van der Waals surface area contributed by atoms with E-state index < -0.39 is 0 Å². The van der Waals surface area contributed by atoms with Crippen LogP contribution in [0.15, 0.2) is 0 Å². The minimum absolute atomic E-state index is 0.00797. The zero-order chi connectivity index (χ0) is 14.9. The standard InChI is InChI=1S/C17H31NO3/c1-2-5-16(14-18-10-12-20-13-11-18)21-17(19)9-8-15-6-3-4-7-15/h15-16H,2-14H2,1H3. The Bertz CT molecular complexity index is 296. The van der Waals surface area contributed by atoms with Crippen LogP contribution in [0.25, 0.3) is 0 Å². The van der Waals surface area contributed by atoms with Gasteiger partial charge in [-0.15, -0.1) is 0 Å². The summed E-state index contributed by atoms with van der Waals surface area (Å²) >= 11 is 0. The third-order valence-corrected chi connectivity index (χ3v) is 4.71. The van der Waals surface area contributed by atoms with Gasteiger partial charge in [-0.1, -0.05) is 39.0 Å². The number of carbonyl (C=O) groups excluding carboxylic acids is 1. The Morgan fingerprint density at radius 1 is 1.29 bits per heavy atom. The Kier molecular flexibility index (Phi) is 7.51. The highest BCUT2D eigenvalue weighted by Gasteiger charge is 2.21. The SMILES string of the molecule is CCCC(CN1CCOCC1)OC(=O)CCC1CCCC1.